The number of rotatable bonds is 1. The fourth-order valence-corrected chi connectivity index (χ4v) is 3.24. The maximum atomic E-state index is 12.3. The Balaban J connectivity index is 1.75. The predicted molar refractivity (Wildman–Crippen MR) is 64.9 cm³/mol. The molecule has 2 unspecified atom stereocenters. The maximum absolute atomic E-state index is 12.3. The first-order valence-electron chi connectivity index (χ1n) is 6.51. The van der Waals surface area contributed by atoms with E-state index in [1.54, 1.807) is 0 Å². The van der Waals surface area contributed by atoms with Crippen molar-refractivity contribution < 1.29 is 9.21 Å². The molecule has 1 aromatic rings. The van der Waals surface area contributed by atoms with Gasteiger partial charge in [-0.3, -0.25) is 4.79 Å². The average molecular weight is 233 g/mol. The summed E-state index contributed by atoms with van der Waals surface area (Å²) in [4.78, 5) is 14.3. The van der Waals surface area contributed by atoms with E-state index in [4.69, 9.17) is 4.42 Å². The SMILES string of the molecule is Cc1cc(C(=O)N2CC3CCCC3C2)oc1C. The Bertz CT molecular complexity index is 418. The van der Waals surface area contributed by atoms with Gasteiger partial charge in [0.2, 0.25) is 0 Å². The van der Waals surface area contributed by atoms with Gasteiger partial charge in [-0.15, -0.1) is 0 Å². The molecule has 0 bridgehead atoms. The molecule has 2 atom stereocenters. The molecule has 1 aliphatic heterocycles. The number of carbonyl (C=O) groups excluding carboxylic acids is 1. The highest BCUT2D eigenvalue weighted by molar-refractivity contribution is 5.92. The Kier molecular flexibility index (Phi) is 2.49. The van der Waals surface area contributed by atoms with E-state index < -0.39 is 0 Å². The Hall–Kier alpha value is -1.25. The van der Waals surface area contributed by atoms with Crippen LogP contribution < -0.4 is 0 Å². The lowest BCUT2D eigenvalue weighted by Crippen LogP contribution is -2.29. The van der Waals surface area contributed by atoms with Crippen LogP contribution in [-0.2, 0) is 0 Å². The molecule has 1 amide bonds. The highest BCUT2D eigenvalue weighted by Crippen LogP contribution is 2.38. The first-order chi connectivity index (χ1) is 8.15. The largest absolute Gasteiger partial charge is 0.456 e. The van der Waals surface area contributed by atoms with Gasteiger partial charge in [-0.05, 0) is 50.2 Å². The van der Waals surface area contributed by atoms with E-state index in [2.05, 4.69) is 0 Å². The summed E-state index contributed by atoms with van der Waals surface area (Å²) in [7, 11) is 0. The van der Waals surface area contributed by atoms with E-state index in [1.807, 2.05) is 24.8 Å². The number of aryl methyl sites for hydroxylation is 2. The van der Waals surface area contributed by atoms with Crippen LogP contribution in [0.4, 0.5) is 0 Å². The third-order valence-corrected chi connectivity index (χ3v) is 4.39. The van der Waals surface area contributed by atoms with Gasteiger partial charge in [0.1, 0.15) is 5.76 Å². The van der Waals surface area contributed by atoms with Crippen molar-refractivity contribution in [3.05, 3.63) is 23.2 Å². The summed E-state index contributed by atoms with van der Waals surface area (Å²) >= 11 is 0. The molecular formula is C14H19NO2. The number of hydrogen-bond acceptors (Lipinski definition) is 2. The van der Waals surface area contributed by atoms with Crippen LogP contribution in [0, 0.1) is 25.7 Å². The molecule has 1 aromatic heterocycles. The first-order valence-corrected chi connectivity index (χ1v) is 6.51. The first kappa shape index (κ1) is 10.9. The van der Waals surface area contributed by atoms with Crippen LogP contribution in [0.2, 0.25) is 0 Å². The van der Waals surface area contributed by atoms with Gasteiger partial charge in [0.15, 0.2) is 5.76 Å². The summed E-state index contributed by atoms with van der Waals surface area (Å²) in [6.45, 7) is 5.75. The van der Waals surface area contributed by atoms with Gasteiger partial charge < -0.3 is 9.32 Å². The van der Waals surface area contributed by atoms with Gasteiger partial charge >= 0.3 is 0 Å². The molecule has 0 N–H and O–H groups in total. The molecule has 3 nitrogen and oxygen atoms in total. The minimum atomic E-state index is 0.0793. The van der Waals surface area contributed by atoms with Crippen LogP contribution in [0.5, 0.6) is 0 Å². The molecular weight excluding hydrogens is 214 g/mol. The van der Waals surface area contributed by atoms with Crippen molar-refractivity contribution in [1.29, 1.82) is 0 Å². The number of carbonyl (C=O) groups is 1. The molecule has 1 saturated carbocycles. The van der Waals surface area contributed by atoms with E-state index in [0.717, 1.165) is 36.2 Å². The van der Waals surface area contributed by atoms with E-state index in [9.17, 15) is 4.79 Å². The van der Waals surface area contributed by atoms with Crippen LogP contribution in [0.3, 0.4) is 0 Å². The summed E-state index contributed by atoms with van der Waals surface area (Å²) < 4.78 is 5.52. The molecule has 1 saturated heterocycles. The van der Waals surface area contributed by atoms with Crippen LogP contribution in [0.25, 0.3) is 0 Å². The van der Waals surface area contributed by atoms with Gasteiger partial charge in [-0.25, -0.2) is 0 Å². The second kappa shape index (κ2) is 3.90. The molecule has 3 heteroatoms. The average Bonchev–Trinajstić information content (AvgIpc) is 2.92. The smallest absolute Gasteiger partial charge is 0.289 e. The minimum absolute atomic E-state index is 0.0793. The fraction of sp³-hybridized carbons (Fsp3) is 0.643. The lowest BCUT2D eigenvalue weighted by molar-refractivity contribution is 0.0747. The Labute approximate surface area is 102 Å². The van der Waals surface area contributed by atoms with Gasteiger partial charge in [-0.2, -0.15) is 0 Å². The van der Waals surface area contributed by atoms with Crippen LogP contribution >= 0.6 is 0 Å². The second-order valence-electron chi connectivity index (χ2n) is 5.51. The lowest BCUT2D eigenvalue weighted by Gasteiger charge is -2.15. The predicted octanol–water partition coefficient (Wildman–Crippen LogP) is 2.77. The van der Waals surface area contributed by atoms with E-state index in [0.29, 0.717) is 5.76 Å². The number of likely N-dealkylation sites (tertiary alicyclic amines) is 1. The Morgan fingerprint density at radius 2 is 1.94 bits per heavy atom. The van der Waals surface area contributed by atoms with Gasteiger partial charge in [0.05, 0.1) is 0 Å². The summed E-state index contributed by atoms with van der Waals surface area (Å²) in [5.41, 5.74) is 1.06. The number of amides is 1. The molecule has 2 aliphatic rings. The molecule has 0 aromatic carbocycles. The zero-order chi connectivity index (χ0) is 12.0. The number of fused-ring (bicyclic) bond motifs is 1. The Morgan fingerprint density at radius 3 is 2.47 bits per heavy atom. The zero-order valence-electron chi connectivity index (χ0n) is 10.5. The normalized spacial score (nSPS) is 27.5. The molecule has 3 rings (SSSR count). The van der Waals surface area contributed by atoms with Crippen molar-refractivity contribution in [2.75, 3.05) is 13.1 Å². The van der Waals surface area contributed by atoms with Crippen LogP contribution in [0.15, 0.2) is 10.5 Å². The molecule has 17 heavy (non-hydrogen) atoms. The van der Waals surface area contributed by atoms with Gasteiger partial charge in [0.25, 0.3) is 5.91 Å². The summed E-state index contributed by atoms with van der Waals surface area (Å²) in [6, 6.07) is 1.87. The molecule has 0 spiro atoms. The highest BCUT2D eigenvalue weighted by atomic mass is 16.4. The number of nitrogens with zero attached hydrogens (tertiary/aromatic N) is 1. The molecule has 92 valence electrons. The third kappa shape index (κ3) is 1.78. The third-order valence-electron chi connectivity index (χ3n) is 4.39. The molecule has 2 heterocycles. The van der Waals surface area contributed by atoms with Crippen molar-refractivity contribution >= 4 is 5.91 Å². The van der Waals surface area contributed by atoms with Gasteiger partial charge in [-0.1, -0.05) is 6.42 Å². The van der Waals surface area contributed by atoms with Crippen molar-refractivity contribution in [2.45, 2.75) is 33.1 Å². The molecule has 1 aliphatic carbocycles. The lowest BCUT2D eigenvalue weighted by atomic mass is 10.0. The minimum Gasteiger partial charge on any atom is -0.456 e. The summed E-state index contributed by atoms with van der Waals surface area (Å²) in [5.74, 6) is 2.94. The van der Waals surface area contributed by atoms with Crippen LogP contribution in [-0.4, -0.2) is 23.9 Å². The standard InChI is InChI=1S/C14H19NO2/c1-9-6-13(17-10(9)2)14(16)15-7-11-4-3-5-12(11)8-15/h6,11-12H,3-5,7-8H2,1-2H3. The van der Waals surface area contributed by atoms with Crippen molar-refractivity contribution in [1.82, 2.24) is 4.90 Å². The Morgan fingerprint density at radius 1 is 1.29 bits per heavy atom. The topological polar surface area (TPSA) is 33.5 Å². The van der Waals surface area contributed by atoms with Crippen molar-refractivity contribution in [3.8, 4) is 0 Å². The maximum Gasteiger partial charge on any atom is 0.289 e. The summed E-state index contributed by atoms with van der Waals surface area (Å²) in [5, 5.41) is 0. The van der Waals surface area contributed by atoms with E-state index in [1.165, 1.54) is 19.3 Å². The van der Waals surface area contributed by atoms with Crippen LogP contribution in [0.1, 0.15) is 41.1 Å². The van der Waals surface area contributed by atoms with Crippen molar-refractivity contribution in [3.63, 3.8) is 0 Å². The van der Waals surface area contributed by atoms with E-state index >= 15 is 0 Å². The van der Waals surface area contributed by atoms with Crippen molar-refractivity contribution in [2.24, 2.45) is 11.8 Å². The molecule has 0 radical (unpaired) electrons. The number of furan rings is 1. The quantitative estimate of drug-likeness (QED) is 0.747. The van der Waals surface area contributed by atoms with E-state index in [-0.39, 0.29) is 5.91 Å². The fourth-order valence-electron chi connectivity index (χ4n) is 3.24. The zero-order valence-corrected chi connectivity index (χ0v) is 10.5. The highest BCUT2D eigenvalue weighted by Gasteiger charge is 2.38. The monoisotopic (exact) mass is 233 g/mol. The summed E-state index contributed by atoms with van der Waals surface area (Å²) in [6.07, 6.45) is 3.94. The van der Waals surface area contributed by atoms with Gasteiger partial charge in [0, 0.05) is 13.1 Å². The number of hydrogen-bond donors (Lipinski definition) is 0. The second-order valence-corrected chi connectivity index (χ2v) is 5.51. The molecule has 2 fully saturated rings.